The first-order chi connectivity index (χ1) is 12.5. The number of hydrogen-bond donors (Lipinski definition) is 1. The first kappa shape index (κ1) is 17.9. The van der Waals surface area contributed by atoms with Gasteiger partial charge in [-0.25, -0.2) is 14.2 Å². The average molecular weight is 372 g/mol. The van der Waals surface area contributed by atoms with Crippen molar-refractivity contribution in [2.75, 3.05) is 5.73 Å². The van der Waals surface area contributed by atoms with E-state index in [2.05, 4.69) is 4.98 Å². The third-order valence-electron chi connectivity index (χ3n) is 3.67. The molecule has 0 amide bonds. The molecule has 0 radical (unpaired) electrons. The van der Waals surface area contributed by atoms with Crippen molar-refractivity contribution in [1.82, 2.24) is 4.98 Å². The van der Waals surface area contributed by atoms with Crippen molar-refractivity contribution in [2.45, 2.75) is 20.1 Å². The summed E-state index contributed by atoms with van der Waals surface area (Å²) in [5, 5.41) is 2.53. The van der Waals surface area contributed by atoms with Crippen LogP contribution in [-0.2, 0) is 18.0 Å². The molecule has 7 heteroatoms. The van der Waals surface area contributed by atoms with E-state index in [9.17, 15) is 9.18 Å². The number of benzene rings is 2. The molecule has 2 N–H and O–H groups in total. The smallest absolute Gasteiger partial charge is 0.340 e. The molecule has 0 bridgehead atoms. The Morgan fingerprint density at radius 1 is 1.19 bits per heavy atom. The van der Waals surface area contributed by atoms with Crippen LogP contribution in [0.25, 0.3) is 0 Å². The summed E-state index contributed by atoms with van der Waals surface area (Å²) in [6.07, 6.45) is 0. The van der Waals surface area contributed by atoms with Crippen molar-refractivity contribution in [1.29, 1.82) is 0 Å². The Hall–Kier alpha value is -2.93. The first-order valence-corrected chi connectivity index (χ1v) is 8.75. The van der Waals surface area contributed by atoms with Crippen molar-refractivity contribution < 1.29 is 18.7 Å². The van der Waals surface area contributed by atoms with Gasteiger partial charge in [0.1, 0.15) is 29.8 Å². The summed E-state index contributed by atoms with van der Waals surface area (Å²) in [7, 11) is 0. The molecule has 134 valence electrons. The van der Waals surface area contributed by atoms with Crippen LogP contribution in [-0.4, -0.2) is 11.0 Å². The van der Waals surface area contributed by atoms with E-state index < -0.39 is 5.97 Å². The predicted octanol–water partition coefficient (Wildman–Crippen LogP) is 4.11. The molecule has 26 heavy (non-hydrogen) atoms. The zero-order valence-corrected chi connectivity index (χ0v) is 14.9. The van der Waals surface area contributed by atoms with E-state index in [-0.39, 0.29) is 19.0 Å². The molecule has 0 saturated heterocycles. The Morgan fingerprint density at radius 3 is 2.73 bits per heavy atom. The van der Waals surface area contributed by atoms with Gasteiger partial charge in [-0.3, -0.25) is 0 Å². The van der Waals surface area contributed by atoms with E-state index in [4.69, 9.17) is 15.2 Å². The second-order valence-electron chi connectivity index (χ2n) is 5.59. The van der Waals surface area contributed by atoms with Crippen LogP contribution < -0.4 is 10.5 Å². The van der Waals surface area contributed by atoms with Gasteiger partial charge in [-0.05, 0) is 42.8 Å². The van der Waals surface area contributed by atoms with E-state index in [1.165, 1.54) is 23.5 Å². The van der Waals surface area contributed by atoms with Crippen molar-refractivity contribution in [3.63, 3.8) is 0 Å². The van der Waals surface area contributed by atoms with Crippen LogP contribution >= 0.6 is 11.3 Å². The van der Waals surface area contributed by atoms with Crippen LogP contribution in [0.4, 0.5) is 10.1 Å². The van der Waals surface area contributed by atoms with E-state index >= 15 is 0 Å². The van der Waals surface area contributed by atoms with Gasteiger partial charge in [-0.1, -0.05) is 12.1 Å². The Morgan fingerprint density at radius 2 is 1.96 bits per heavy atom. The predicted molar refractivity (Wildman–Crippen MR) is 97.6 cm³/mol. The summed E-state index contributed by atoms with van der Waals surface area (Å²) in [5.74, 6) is -0.238. The lowest BCUT2D eigenvalue weighted by molar-refractivity contribution is 0.0469. The van der Waals surface area contributed by atoms with Gasteiger partial charge in [-0.15, -0.1) is 11.3 Å². The van der Waals surface area contributed by atoms with Crippen LogP contribution in [0.2, 0.25) is 0 Å². The molecule has 3 aromatic rings. The van der Waals surface area contributed by atoms with Crippen molar-refractivity contribution >= 4 is 23.0 Å². The number of nitrogen functional groups attached to an aromatic ring is 1. The molecular weight excluding hydrogens is 355 g/mol. The molecule has 1 aromatic heterocycles. The minimum Gasteiger partial charge on any atom is -0.486 e. The lowest BCUT2D eigenvalue weighted by atomic mass is 10.1. The average Bonchev–Trinajstić information content (AvgIpc) is 3.09. The Balaban J connectivity index is 1.54. The summed E-state index contributed by atoms with van der Waals surface area (Å²) in [6, 6.07) is 11.0. The molecule has 1 heterocycles. The zero-order chi connectivity index (χ0) is 18.5. The minimum atomic E-state index is -0.483. The Bertz CT molecular complexity index is 909. The second-order valence-corrected chi connectivity index (χ2v) is 6.53. The topological polar surface area (TPSA) is 74.4 Å². The SMILES string of the molecule is Cc1cccc(C(=O)OCc2csc(COc3ccc(F)cc3)n2)c1N. The van der Waals surface area contributed by atoms with E-state index in [1.807, 2.05) is 13.0 Å². The molecular formula is C19H17FN2O3S. The van der Waals surface area contributed by atoms with Crippen LogP contribution in [0.1, 0.15) is 26.6 Å². The number of carbonyl (C=O) groups is 1. The van der Waals surface area contributed by atoms with E-state index in [1.54, 1.807) is 29.6 Å². The largest absolute Gasteiger partial charge is 0.486 e. The number of esters is 1. The number of para-hydroxylation sites is 1. The fourth-order valence-electron chi connectivity index (χ4n) is 2.23. The number of nitrogens with zero attached hydrogens (tertiary/aromatic N) is 1. The highest BCUT2D eigenvalue weighted by Crippen LogP contribution is 2.19. The number of anilines is 1. The second kappa shape index (κ2) is 7.97. The van der Waals surface area contributed by atoms with E-state index in [0.29, 0.717) is 22.7 Å². The summed E-state index contributed by atoms with van der Waals surface area (Å²) in [4.78, 5) is 16.5. The van der Waals surface area contributed by atoms with Gasteiger partial charge in [0.2, 0.25) is 0 Å². The Kier molecular flexibility index (Phi) is 5.48. The molecule has 0 atom stereocenters. The van der Waals surface area contributed by atoms with Gasteiger partial charge >= 0.3 is 5.97 Å². The van der Waals surface area contributed by atoms with Crippen LogP contribution in [0.15, 0.2) is 47.8 Å². The summed E-state index contributed by atoms with van der Waals surface area (Å²) < 4.78 is 23.7. The summed E-state index contributed by atoms with van der Waals surface area (Å²) in [5.41, 5.74) is 8.13. The maximum absolute atomic E-state index is 12.9. The Labute approximate surface area is 154 Å². The van der Waals surface area contributed by atoms with Gasteiger partial charge in [0, 0.05) is 11.1 Å². The lowest BCUT2D eigenvalue weighted by Crippen LogP contribution is -2.09. The number of aromatic nitrogens is 1. The van der Waals surface area contributed by atoms with Gasteiger partial charge < -0.3 is 15.2 Å². The van der Waals surface area contributed by atoms with Gasteiger partial charge in [-0.2, -0.15) is 0 Å². The van der Waals surface area contributed by atoms with Crippen molar-refractivity contribution in [3.05, 3.63) is 75.5 Å². The number of rotatable bonds is 6. The highest BCUT2D eigenvalue weighted by atomic mass is 32.1. The molecule has 0 spiro atoms. The monoisotopic (exact) mass is 372 g/mol. The normalized spacial score (nSPS) is 10.5. The third-order valence-corrected chi connectivity index (χ3v) is 4.54. The number of ether oxygens (including phenoxy) is 2. The maximum atomic E-state index is 12.9. The molecule has 0 unspecified atom stereocenters. The lowest BCUT2D eigenvalue weighted by Gasteiger charge is -2.07. The molecule has 3 rings (SSSR count). The van der Waals surface area contributed by atoms with Crippen LogP contribution in [0, 0.1) is 12.7 Å². The van der Waals surface area contributed by atoms with Gasteiger partial charge in [0.05, 0.1) is 11.3 Å². The minimum absolute atomic E-state index is 0.0548. The van der Waals surface area contributed by atoms with Crippen LogP contribution in [0.5, 0.6) is 5.75 Å². The number of aryl methyl sites for hydroxylation is 1. The number of nitrogens with two attached hydrogens (primary N) is 1. The van der Waals surface area contributed by atoms with Gasteiger partial charge in [0.25, 0.3) is 0 Å². The summed E-state index contributed by atoms with van der Waals surface area (Å²) in [6.45, 7) is 2.15. The van der Waals surface area contributed by atoms with E-state index in [0.717, 1.165) is 10.6 Å². The highest BCUT2D eigenvalue weighted by molar-refractivity contribution is 7.09. The van der Waals surface area contributed by atoms with Gasteiger partial charge in [0.15, 0.2) is 0 Å². The third kappa shape index (κ3) is 4.37. The molecule has 0 fully saturated rings. The number of carbonyl (C=O) groups excluding carboxylic acids is 1. The fraction of sp³-hybridized carbons (Fsp3) is 0.158. The molecule has 0 saturated carbocycles. The zero-order valence-electron chi connectivity index (χ0n) is 14.1. The van der Waals surface area contributed by atoms with Crippen molar-refractivity contribution in [2.24, 2.45) is 0 Å². The van der Waals surface area contributed by atoms with Crippen molar-refractivity contribution in [3.8, 4) is 5.75 Å². The summed E-state index contributed by atoms with van der Waals surface area (Å²) >= 11 is 1.40. The quantitative estimate of drug-likeness (QED) is 0.521. The van der Waals surface area contributed by atoms with Crippen LogP contribution in [0.3, 0.4) is 0 Å². The fourth-order valence-corrected chi connectivity index (χ4v) is 2.92. The molecule has 0 aliphatic carbocycles. The molecule has 0 aliphatic rings. The highest BCUT2D eigenvalue weighted by Gasteiger charge is 2.13. The number of hydrogen-bond acceptors (Lipinski definition) is 6. The first-order valence-electron chi connectivity index (χ1n) is 7.87. The standard InChI is InChI=1S/C19H17FN2O3S/c1-12-3-2-4-16(18(12)21)19(23)25-9-14-11-26-17(22-14)10-24-15-7-5-13(20)6-8-15/h2-8,11H,9-10,21H2,1H3. The maximum Gasteiger partial charge on any atom is 0.340 e. The number of halogens is 1. The molecule has 0 aliphatic heterocycles. The number of thiazole rings is 1. The molecule has 5 nitrogen and oxygen atoms in total. The molecule has 2 aromatic carbocycles.